The van der Waals surface area contributed by atoms with E-state index in [4.69, 9.17) is 17.0 Å². The van der Waals surface area contributed by atoms with E-state index in [-0.39, 0.29) is 0 Å². The van der Waals surface area contributed by atoms with Gasteiger partial charge in [-0.25, -0.2) is 4.98 Å². The van der Waals surface area contributed by atoms with Crippen molar-refractivity contribution in [2.45, 2.75) is 20.3 Å². The summed E-state index contributed by atoms with van der Waals surface area (Å²) in [5, 5.41) is 0.978. The molecule has 1 heterocycles. The molecule has 0 saturated heterocycles. The summed E-state index contributed by atoms with van der Waals surface area (Å²) in [5.74, 6) is 1.70. The van der Waals surface area contributed by atoms with Crippen LogP contribution in [0.15, 0.2) is 12.1 Å². The number of aromatic amines is 1. The van der Waals surface area contributed by atoms with Gasteiger partial charge in [-0.15, -0.1) is 0 Å². The Morgan fingerprint density at radius 1 is 1.44 bits per heavy atom. The number of fused-ring (bicyclic) bond motifs is 1. The van der Waals surface area contributed by atoms with Gasteiger partial charge in [-0.3, -0.25) is 0 Å². The zero-order valence-corrected chi connectivity index (χ0v) is 10.4. The Hall–Kier alpha value is -1.42. The van der Waals surface area contributed by atoms with Crippen LogP contribution in [0.5, 0.6) is 5.75 Å². The number of H-pyrrole nitrogens is 1. The standard InChI is InChI=1S/C12H14N2OS/c1-4-9-13-11-8(15-3)6-5-7(2)10(11)12(16)14-9/h5-6H,4H2,1-3H3,(H,13,14,16). The summed E-state index contributed by atoms with van der Waals surface area (Å²) in [6.07, 6.45) is 0.830. The van der Waals surface area contributed by atoms with Crippen LogP contribution in [0, 0.1) is 11.6 Å². The molecule has 0 atom stereocenters. The molecule has 1 N–H and O–H groups in total. The molecule has 0 aliphatic rings. The molecule has 0 fully saturated rings. The summed E-state index contributed by atoms with van der Waals surface area (Å²) in [5.41, 5.74) is 2.06. The van der Waals surface area contributed by atoms with Crippen molar-refractivity contribution in [1.29, 1.82) is 0 Å². The van der Waals surface area contributed by atoms with E-state index in [0.29, 0.717) is 4.64 Å². The number of hydrogen-bond donors (Lipinski definition) is 1. The molecule has 16 heavy (non-hydrogen) atoms. The monoisotopic (exact) mass is 234 g/mol. The minimum Gasteiger partial charge on any atom is -0.495 e. The zero-order valence-electron chi connectivity index (χ0n) is 9.63. The Kier molecular flexibility index (Phi) is 2.92. The van der Waals surface area contributed by atoms with Gasteiger partial charge in [0.2, 0.25) is 0 Å². The quantitative estimate of drug-likeness (QED) is 0.811. The Morgan fingerprint density at radius 2 is 2.19 bits per heavy atom. The summed E-state index contributed by atoms with van der Waals surface area (Å²) in [4.78, 5) is 7.63. The van der Waals surface area contributed by atoms with Crippen molar-refractivity contribution in [3.63, 3.8) is 0 Å². The first-order valence-corrected chi connectivity index (χ1v) is 5.64. The van der Waals surface area contributed by atoms with Crippen LogP contribution in [0.1, 0.15) is 18.3 Å². The number of ether oxygens (including phenoxy) is 1. The molecule has 2 aromatic rings. The third-order valence-corrected chi connectivity index (χ3v) is 2.95. The van der Waals surface area contributed by atoms with Gasteiger partial charge in [0, 0.05) is 11.8 Å². The molecule has 84 valence electrons. The van der Waals surface area contributed by atoms with Gasteiger partial charge in [0.25, 0.3) is 0 Å². The second-order valence-corrected chi connectivity index (χ2v) is 4.06. The van der Waals surface area contributed by atoms with Gasteiger partial charge in [0.1, 0.15) is 16.2 Å². The second-order valence-electron chi connectivity index (χ2n) is 3.68. The number of methoxy groups -OCH3 is 1. The minimum absolute atomic E-state index is 0.641. The molecule has 0 bridgehead atoms. The lowest BCUT2D eigenvalue weighted by molar-refractivity contribution is 0.418. The first kappa shape index (κ1) is 11.1. The van der Waals surface area contributed by atoms with Crippen LogP contribution < -0.4 is 4.74 Å². The van der Waals surface area contributed by atoms with E-state index in [1.165, 1.54) is 0 Å². The summed E-state index contributed by atoms with van der Waals surface area (Å²) >= 11 is 5.32. The third-order valence-electron chi connectivity index (χ3n) is 2.65. The molecule has 4 heteroatoms. The second kappa shape index (κ2) is 4.22. The van der Waals surface area contributed by atoms with Crippen LogP contribution in [0.3, 0.4) is 0 Å². The predicted octanol–water partition coefficient (Wildman–Crippen LogP) is 3.17. The summed E-state index contributed by atoms with van der Waals surface area (Å²) in [7, 11) is 1.66. The Morgan fingerprint density at radius 3 is 2.81 bits per heavy atom. The highest BCUT2D eigenvalue weighted by Gasteiger charge is 2.08. The molecule has 1 aromatic carbocycles. The van der Waals surface area contributed by atoms with Crippen molar-refractivity contribution in [2.24, 2.45) is 0 Å². The third kappa shape index (κ3) is 1.69. The maximum Gasteiger partial charge on any atom is 0.143 e. The molecule has 0 spiro atoms. The molecular weight excluding hydrogens is 220 g/mol. The number of rotatable bonds is 2. The van der Waals surface area contributed by atoms with Crippen molar-refractivity contribution in [3.8, 4) is 5.75 Å². The fourth-order valence-electron chi connectivity index (χ4n) is 1.78. The topological polar surface area (TPSA) is 37.9 Å². The fourth-order valence-corrected chi connectivity index (χ4v) is 2.15. The van der Waals surface area contributed by atoms with Gasteiger partial charge in [-0.2, -0.15) is 0 Å². The lowest BCUT2D eigenvalue weighted by atomic mass is 10.1. The van der Waals surface area contributed by atoms with Crippen LogP contribution in [0.25, 0.3) is 10.9 Å². The molecule has 0 saturated carbocycles. The van der Waals surface area contributed by atoms with Crippen molar-refractivity contribution >= 4 is 23.1 Å². The van der Waals surface area contributed by atoms with Crippen LogP contribution in [-0.2, 0) is 6.42 Å². The highest BCUT2D eigenvalue weighted by molar-refractivity contribution is 7.71. The van der Waals surface area contributed by atoms with Gasteiger partial charge in [-0.1, -0.05) is 25.2 Å². The Balaban J connectivity index is 2.93. The molecule has 2 rings (SSSR count). The normalized spacial score (nSPS) is 10.7. The first-order chi connectivity index (χ1) is 7.67. The average molecular weight is 234 g/mol. The van der Waals surface area contributed by atoms with Crippen molar-refractivity contribution in [2.75, 3.05) is 7.11 Å². The van der Waals surface area contributed by atoms with E-state index in [9.17, 15) is 0 Å². The highest BCUT2D eigenvalue weighted by atomic mass is 32.1. The average Bonchev–Trinajstić information content (AvgIpc) is 2.28. The molecule has 0 unspecified atom stereocenters. The number of nitrogens with zero attached hydrogens (tertiary/aromatic N) is 1. The predicted molar refractivity (Wildman–Crippen MR) is 67.6 cm³/mol. The lowest BCUT2D eigenvalue weighted by Crippen LogP contribution is -1.97. The molecule has 0 amide bonds. The minimum atomic E-state index is 0.641. The van der Waals surface area contributed by atoms with E-state index in [1.54, 1.807) is 7.11 Å². The van der Waals surface area contributed by atoms with Crippen molar-refractivity contribution in [1.82, 2.24) is 9.97 Å². The largest absolute Gasteiger partial charge is 0.495 e. The van der Waals surface area contributed by atoms with Crippen molar-refractivity contribution in [3.05, 3.63) is 28.2 Å². The number of benzene rings is 1. The van der Waals surface area contributed by atoms with E-state index in [2.05, 4.69) is 9.97 Å². The molecule has 1 aromatic heterocycles. The van der Waals surface area contributed by atoms with Gasteiger partial charge in [-0.05, 0) is 18.6 Å². The van der Waals surface area contributed by atoms with Crippen LogP contribution >= 0.6 is 12.2 Å². The molecular formula is C12H14N2OS. The van der Waals surface area contributed by atoms with Gasteiger partial charge in [0.05, 0.1) is 12.6 Å². The van der Waals surface area contributed by atoms with Gasteiger partial charge >= 0.3 is 0 Å². The summed E-state index contributed by atoms with van der Waals surface area (Å²) in [6.45, 7) is 4.07. The molecule has 0 aliphatic heterocycles. The van der Waals surface area contributed by atoms with Gasteiger partial charge < -0.3 is 9.72 Å². The number of aromatic nitrogens is 2. The van der Waals surface area contributed by atoms with E-state index < -0.39 is 0 Å². The number of nitrogens with one attached hydrogen (secondary N) is 1. The lowest BCUT2D eigenvalue weighted by Gasteiger charge is -2.09. The van der Waals surface area contributed by atoms with Crippen molar-refractivity contribution < 1.29 is 4.74 Å². The first-order valence-electron chi connectivity index (χ1n) is 5.24. The number of hydrogen-bond acceptors (Lipinski definition) is 3. The Labute approximate surface area is 99.5 Å². The SMILES string of the molecule is CCc1nc(=S)c2c(C)ccc(OC)c2[nH]1. The molecule has 0 aliphatic carbocycles. The van der Waals surface area contributed by atoms with Crippen LogP contribution in [0.2, 0.25) is 0 Å². The van der Waals surface area contributed by atoms with Crippen LogP contribution in [-0.4, -0.2) is 17.1 Å². The maximum absolute atomic E-state index is 5.33. The Bertz CT molecular complexity index is 589. The molecule has 0 radical (unpaired) electrons. The summed E-state index contributed by atoms with van der Waals surface area (Å²) in [6, 6.07) is 3.94. The van der Waals surface area contributed by atoms with Gasteiger partial charge in [0.15, 0.2) is 0 Å². The smallest absolute Gasteiger partial charge is 0.143 e. The zero-order chi connectivity index (χ0) is 11.7. The fraction of sp³-hybridized carbons (Fsp3) is 0.333. The van der Waals surface area contributed by atoms with E-state index in [1.807, 2.05) is 26.0 Å². The van der Waals surface area contributed by atoms with E-state index in [0.717, 1.165) is 34.5 Å². The van der Waals surface area contributed by atoms with Crippen LogP contribution in [0.4, 0.5) is 0 Å². The number of aryl methyl sites for hydroxylation is 2. The summed E-state index contributed by atoms with van der Waals surface area (Å²) < 4.78 is 5.97. The van der Waals surface area contributed by atoms with E-state index >= 15 is 0 Å². The highest BCUT2D eigenvalue weighted by Crippen LogP contribution is 2.26. The molecule has 3 nitrogen and oxygen atoms in total. The maximum atomic E-state index is 5.33.